The summed E-state index contributed by atoms with van der Waals surface area (Å²) in [5, 5.41) is 20.9. The number of anilines is 1. The first-order chi connectivity index (χ1) is 18.3. The van der Waals surface area contributed by atoms with Gasteiger partial charge in [0.2, 0.25) is 21.8 Å². The molecule has 1 aromatic heterocycles. The lowest BCUT2D eigenvalue weighted by molar-refractivity contribution is -0.165. The number of carbonyl (C=O) groups excluding carboxylic acids is 2. The minimum absolute atomic E-state index is 0.171. The number of rotatable bonds is 8. The molecule has 0 radical (unpaired) electrons. The molecule has 2 aliphatic rings. The Kier molecular flexibility index (Phi) is 8.11. The Balaban J connectivity index is 1.63. The highest BCUT2D eigenvalue weighted by Gasteiger charge is 2.55. The quantitative estimate of drug-likeness (QED) is 0.384. The summed E-state index contributed by atoms with van der Waals surface area (Å²) in [6.07, 6.45) is 1.05. The summed E-state index contributed by atoms with van der Waals surface area (Å²) in [5.41, 5.74) is 3.31. The predicted octanol–water partition coefficient (Wildman–Crippen LogP) is 1.69. The second-order valence-corrected chi connectivity index (χ2v) is 12.8. The van der Waals surface area contributed by atoms with Gasteiger partial charge in [0, 0.05) is 36.6 Å². The molecule has 2 saturated heterocycles. The Morgan fingerprint density at radius 1 is 1.15 bits per heavy atom. The maximum absolute atomic E-state index is 13.6. The second kappa shape index (κ2) is 10.9. The summed E-state index contributed by atoms with van der Waals surface area (Å²) >= 11 is 0. The molecule has 39 heavy (non-hydrogen) atoms. The van der Waals surface area contributed by atoms with Crippen molar-refractivity contribution < 1.29 is 23.1 Å². The van der Waals surface area contributed by atoms with Crippen LogP contribution in [0.15, 0.2) is 24.3 Å². The minimum Gasteiger partial charge on any atom is -0.390 e. The van der Waals surface area contributed by atoms with Crippen LogP contribution in [0, 0.1) is 19.8 Å². The molecule has 1 aromatic carbocycles. The first-order valence-corrected chi connectivity index (χ1v) is 15.3. The van der Waals surface area contributed by atoms with E-state index in [-0.39, 0.29) is 23.8 Å². The fourth-order valence-electron chi connectivity index (χ4n) is 6.03. The fraction of sp³-hybridized carbons (Fsp3) is 0.593. The number of likely N-dealkylation sites (N-methyl/N-ethyl adjacent to an activating group) is 1. The number of amides is 2. The summed E-state index contributed by atoms with van der Waals surface area (Å²) in [7, 11) is -3.40. The number of aryl methyl sites for hydroxylation is 2. The molecule has 1 spiro atoms. The monoisotopic (exact) mass is 560 g/mol. The van der Waals surface area contributed by atoms with Crippen LogP contribution in [0.5, 0.6) is 0 Å². The van der Waals surface area contributed by atoms with Gasteiger partial charge in [-0.05, 0) is 57.2 Å². The molecule has 4 rings (SSSR count). The molecule has 2 aromatic rings. The van der Waals surface area contributed by atoms with Crippen molar-refractivity contribution in [2.45, 2.75) is 71.2 Å². The van der Waals surface area contributed by atoms with Gasteiger partial charge in [-0.25, -0.2) is 8.42 Å². The Hall–Kier alpha value is -2.96. The Labute approximate surface area is 230 Å². The molecule has 3 atom stereocenters. The number of aliphatic hydroxyl groups excluding tert-OH is 1. The van der Waals surface area contributed by atoms with Gasteiger partial charge in [0.25, 0.3) is 0 Å². The van der Waals surface area contributed by atoms with Gasteiger partial charge in [0.05, 0.1) is 24.1 Å². The van der Waals surface area contributed by atoms with Crippen molar-refractivity contribution in [3.8, 4) is 0 Å². The van der Waals surface area contributed by atoms with E-state index in [9.17, 15) is 23.1 Å². The Bertz CT molecular complexity index is 1300. The smallest absolute Gasteiger partial charge is 0.248 e. The molecule has 2 amide bonds. The number of benzene rings is 1. The highest BCUT2D eigenvalue weighted by atomic mass is 32.2. The van der Waals surface area contributed by atoms with Gasteiger partial charge in [-0.15, -0.1) is 0 Å². The second-order valence-electron chi connectivity index (χ2n) is 11.1. The van der Waals surface area contributed by atoms with E-state index in [0.29, 0.717) is 38.2 Å². The summed E-state index contributed by atoms with van der Waals surface area (Å²) in [6.45, 7) is 10.9. The van der Waals surface area contributed by atoms with E-state index < -0.39 is 27.7 Å². The largest absolute Gasteiger partial charge is 0.390 e. The number of likely N-dealkylation sites (tertiary alicyclic amines) is 1. The summed E-state index contributed by atoms with van der Waals surface area (Å²) in [5.74, 6) is -0.620. The average Bonchev–Trinajstić information content (AvgIpc) is 3.20. The van der Waals surface area contributed by atoms with Gasteiger partial charge < -0.3 is 15.3 Å². The third-order valence-electron chi connectivity index (χ3n) is 8.08. The van der Waals surface area contributed by atoms with Crippen molar-refractivity contribution in [2.75, 3.05) is 30.6 Å². The topological polar surface area (TPSA) is 148 Å². The molecule has 2 aliphatic heterocycles. The lowest BCUT2D eigenvalue weighted by atomic mass is 9.79. The van der Waals surface area contributed by atoms with E-state index in [1.807, 2.05) is 46.8 Å². The van der Waals surface area contributed by atoms with Crippen molar-refractivity contribution in [1.82, 2.24) is 25.3 Å². The highest BCUT2D eigenvalue weighted by molar-refractivity contribution is 7.92. The molecule has 2 fully saturated rings. The van der Waals surface area contributed by atoms with Gasteiger partial charge in [-0.2, -0.15) is 5.10 Å². The van der Waals surface area contributed by atoms with Gasteiger partial charge in [0.1, 0.15) is 11.6 Å². The van der Waals surface area contributed by atoms with E-state index in [2.05, 4.69) is 25.1 Å². The molecule has 3 heterocycles. The van der Waals surface area contributed by atoms with Crippen LogP contribution in [0.3, 0.4) is 0 Å². The van der Waals surface area contributed by atoms with Crippen molar-refractivity contribution in [3.05, 3.63) is 46.8 Å². The van der Waals surface area contributed by atoms with E-state index in [1.165, 1.54) is 0 Å². The lowest BCUT2D eigenvalue weighted by Crippen LogP contribution is -2.74. The molecule has 11 nitrogen and oxygen atoms in total. The van der Waals surface area contributed by atoms with Crippen LogP contribution >= 0.6 is 0 Å². The molecule has 214 valence electrons. The van der Waals surface area contributed by atoms with E-state index in [4.69, 9.17) is 0 Å². The van der Waals surface area contributed by atoms with Crippen molar-refractivity contribution >= 4 is 27.5 Å². The number of sulfonamides is 1. The molecule has 0 saturated carbocycles. The lowest BCUT2D eigenvalue weighted by Gasteiger charge is -2.53. The SMILES string of the molecule is CCN1C(=O)[C@@H]([C@H](O)C(C)C)NC(=O)C12CCN(C(c1ccc(NS(C)(=O)=O)cc1)c1c(C)n[nH]c1C)CC2. The molecule has 0 aliphatic carbocycles. The summed E-state index contributed by atoms with van der Waals surface area (Å²) in [4.78, 5) is 30.9. The number of hydrogen-bond donors (Lipinski definition) is 4. The Morgan fingerprint density at radius 3 is 2.26 bits per heavy atom. The number of aliphatic hydroxyl groups is 1. The summed E-state index contributed by atoms with van der Waals surface area (Å²) < 4.78 is 25.9. The fourth-order valence-corrected chi connectivity index (χ4v) is 6.60. The molecular weight excluding hydrogens is 520 g/mol. The molecule has 1 unspecified atom stereocenters. The maximum atomic E-state index is 13.6. The van der Waals surface area contributed by atoms with Gasteiger partial charge >= 0.3 is 0 Å². The molecular formula is C27H40N6O5S. The van der Waals surface area contributed by atoms with Crippen LogP contribution < -0.4 is 10.0 Å². The van der Waals surface area contributed by atoms with Crippen molar-refractivity contribution in [2.24, 2.45) is 5.92 Å². The number of nitrogens with zero attached hydrogens (tertiary/aromatic N) is 3. The standard InChI is InChI=1S/C27H40N6O5S/c1-7-33-25(35)22(24(34)16(2)3)28-26(36)27(33)12-14-32(15-13-27)23(21-17(4)29-30-18(21)5)19-8-10-20(11-9-19)31-39(6,37)38/h8-11,16,22-24,31,34H,7,12-15H2,1-6H3,(H,28,36)(H,29,30)/t22-,23?,24-/m1/s1. The number of piperidine rings is 1. The van der Waals surface area contributed by atoms with Gasteiger partial charge in [-0.1, -0.05) is 26.0 Å². The zero-order chi connectivity index (χ0) is 28.7. The van der Waals surface area contributed by atoms with Gasteiger partial charge in [0.15, 0.2) is 0 Å². The summed E-state index contributed by atoms with van der Waals surface area (Å²) in [6, 6.07) is 6.17. The van der Waals surface area contributed by atoms with Crippen LogP contribution in [0.1, 0.15) is 62.2 Å². The number of aromatic nitrogens is 2. The average molecular weight is 561 g/mol. The molecule has 12 heteroatoms. The third kappa shape index (κ3) is 5.55. The van der Waals surface area contributed by atoms with Gasteiger partial charge in [-0.3, -0.25) is 24.3 Å². The van der Waals surface area contributed by atoms with Crippen molar-refractivity contribution in [1.29, 1.82) is 0 Å². The zero-order valence-electron chi connectivity index (χ0n) is 23.5. The van der Waals surface area contributed by atoms with Crippen LogP contribution in [0.4, 0.5) is 5.69 Å². The van der Waals surface area contributed by atoms with E-state index in [0.717, 1.165) is 28.8 Å². The highest BCUT2D eigenvalue weighted by Crippen LogP contribution is 2.40. The number of hydrogen-bond acceptors (Lipinski definition) is 7. The first kappa shape index (κ1) is 29.0. The van der Waals surface area contributed by atoms with Crippen LogP contribution in [0.25, 0.3) is 0 Å². The number of piperazine rings is 1. The normalized spacial score (nSPS) is 21.7. The molecule has 0 bridgehead atoms. The van der Waals surface area contributed by atoms with Crippen LogP contribution in [-0.2, 0) is 19.6 Å². The van der Waals surface area contributed by atoms with Crippen molar-refractivity contribution in [3.63, 3.8) is 0 Å². The number of H-pyrrole nitrogens is 1. The number of carbonyl (C=O) groups is 2. The number of aromatic amines is 1. The zero-order valence-corrected chi connectivity index (χ0v) is 24.3. The number of nitrogens with one attached hydrogen (secondary N) is 3. The predicted molar refractivity (Wildman–Crippen MR) is 149 cm³/mol. The Morgan fingerprint density at radius 2 is 1.77 bits per heavy atom. The minimum atomic E-state index is -3.40. The van der Waals surface area contributed by atoms with Crippen LogP contribution in [-0.4, -0.2) is 88.9 Å². The van der Waals surface area contributed by atoms with E-state index >= 15 is 0 Å². The van der Waals surface area contributed by atoms with E-state index in [1.54, 1.807) is 17.0 Å². The maximum Gasteiger partial charge on any atom is 0.248 e. The van der Waals surface area contributed by atoms with Crippen LogP contribution in [0.2, 0.25) is 0 Å². The first-order valence-electron chi connectivity index (χ1n) is 13.4. The molecule has 4 N–H and O–H groups in total. The third-order valence-corrected chi connectivity index (χ3v) is 8.68.